The molecule has 224 valence electrons. The molecule has 1 saturated heterocycles. The van der Waals surface area contributed by atoms with Crippen LogP contribution in [0.25, 0.3) is 11.3 Å². The van der Waals surface area contributed by atoms with E-state index in [1.54, 1.807) is 42.7 Å². The van der Waals surface area contributed by atoms with E-state index >= 15 is 0 Å². The van der Waals surface area contributed by atoms with Crippen molar-refractivity contribution in [2.24, 2.45) is 0 Å². The first-order chi connectivity index (χ1) is 21.0. The predicted octanol–water partition coefficient (Wildman–Crippen LogP) is 5.69. The molecule has 0 atom stereocenters. The number of hydrogen-bond donors (Lipinski definition) is 2. The Balaban J connectivity index is 1.10. The van der Waals surface area contributed by atoms with E-state index in [4.69, 9.17) is 9.47 Å². The molecule has 4 aromatic rings. The Labute approximate surface area is 250 Å². The van der Waals surface area contributed by atoms with Gasteiger partial charge in [-0.25, -0.2) is 24.1 Å². The van der Waals surface area contributed by atoms with E-state index < -0.39 is 11.8 Å². The third-order valence-corrected chi connectivity index (χ3v) is 7.06. The van der Waals surface area contributed by atoms with Crippen molar-refractivity contribution in [2.75, 3.05) is 57.0 Å². The molecular formula is C32H36FN7O3. The molecule has 0 bridgehead atoms. The van der Waals surface area contributed by atoms with Crippen LogP contribution in [0.15, 0.2) is 73.1 Å². The molecule has 2 aromatic carbocycles. The molecule has 2 amide bonds. The van der Waals surface area contributed by atoms with Crippen LogP contribution in [-0.4, -0.2) is 77.2 Å². The maximum atomic E-state index is 14.6. The largest absolute Gasteiger partial charge is 0.490 e. The molecule has 11 heteroatoms. The van der Waals surface area contributed by atoms with Crippen LogP contribution in [0.1, 0.15) is 19.2 Å². The van der Waals surface area contributed by atoms with Gasteiger partial charge in [-0.2, -0.15) is 0 Å². The molecule has 0 radical (unpaired) electrons. The lowest BCUT2D eigenvalue weighted by Crippen LogP contribution is -2.44. The molecule has 0 unspecified atom stereocenters. The summed E-state index contributed by atoms with van der Waals surface area (Å²) in [6.45, 7) is 7.57. The summed E-state index contributed by atoms with van der Waals surface area (Å²) in [5.74, 6) is 1.32. The minimum absolute atomic E-state index is 0.168. The van der Waals surface area contributed by atoms with Gasteiger partial charge in [0.05, 0.1) is 17.9 Å². The molecule has 0 aliphatic carbocycles. The van der Waals surface area contributed by atoms with Crippen molar-refractivity contribution >= 4 is 17.4 Å². The summed E-state index contributed by atoms with van der Waals surface area (Å²) >= 11 is 0. The average Bonchev–Trinajstić information content (AvgIpc) is 3.02. The number of rotatable bonds is 11. The molecule has 1 aliphatic rings. The number of anilines is 2. The topological polar surface area (TPSA) is 105 Å². The highest BCUT2D eigenvalue weighted by atomic mass is 19.1. The molecule has 5 rings (SSSR count). The molecule has 43 heavy (non-hydrogen) atoms. The Kier molecular flexibility index (Phi) is 10.1. The summed E-state index contributed by atoms with van der Waals surface area (Å²) in [4.78, 5) is 30.5. The monoisotopic (exact) mass is 585 g/mol. The number of ether oxygens (including phenoxy) is 2. The van der Waals surface area contributed by atoms with E-state index in [2.05, 4.69) is 42.4 Å². The minimum Gasteiger partial charge on any atom is -0.490 e. The molecule has 0 spiro atoms. The van der Waals surface area contributed by atoms with Crippen LogP contribution < -0.4 is 20.1 Å². The Morgan fingerprint density at radius 3 is 2.49 bits per heavy atom. The first-order valence-corrected chi connectivity index (χ1v) is 14.4. The number of aryl methyl sites for hydroxylation is 1. The van der Waals surface area contributed by atoms with Gasteiger partial charge in [0.2, 0.25) is 5.88 Å². The first kappa shape index (κ1) is 29.9. The van der Waals surface area contributed by atoms with Gasteiger partial charge in [-0.05, 0) is 68.1 Å². The standard InChI is InChI=1S/C32H36FN7O3/c1-3-30-34-15-13-28(38-30)26-6-4-14-35-31(26)43-25-10-7-23(8-11-25)36-32(41)37-24-9-12-29(27(33)22-24)42-21-5-16-40-19-17-39(2)18-20-40/h4,6-15,22H,3,5,16-21H2,1-2H3,(H2,36,37,41). The van der Waals surface area contributed by atoms with Gasteiger partial charge >= 0.3 is 6.03 Å². The lowest BCUT2D eigenvalue weighted by atomic mass is 10.2. The molecule has 10 nitrogen and oxygen atoms in total. The number of aromatic nitrogens is 3. The zero-order valence-electron chi connectivity index (χ0n) is 24.4. The Bertz CT molecular complexity index is 1510. The summed E-state index contributed by atoms with van der Waals surface area (Å²) in [6, 6.07) is 16.3. The number of piperazine rings is 1. The smallest absolute Gasteiger partial charge is 0.323 e. The molecule has 3 heterocycles. The molecular weight excluding hydrogens is 549 g/mol. The maximum absolute atomic E-state index is 14.6. The Hall–Kier alpha value is -4.61. The fraction of sp³-hybridized carbons (Fsp3) is 0.312. The van der Waals surface area contributed by atoms with Gasteiger partial charge in [-0.15, -0.1) is 0 Å². The predicted molar refractivity (Wildman–Crippen MR) is 164 cm³/mol. The second-order valence-corrected chi connectivity index (χ2v) is 10.3. The van der Waals surface area contributed by atoms with E-state index in [1.807, 2.05) is 25.1 Å². The van der Waals surface area contributed by atoms with Crippen LogP contribution in [0.4, 0.5) is 20.6 Å². The van der Waals surface area contributed by atoms with E-state index in [0.717, 1.165) is 62.6 Å². The Morgan fingerprint density at radius 1 is 0.953 bits per heavy atom. The van der Waals surface area contributed by atoms with E-state index in [9.17, 15) is 9.18 Å². The van der Waals surface area contributed by atoms with Crippen molar-refractivity contribution in [1.29, 1.82) is 0 Å². The number of carbonyl (C=O) groups excluding carboxylic acids is 1. The molecule has 2 N–H and O–H groups in total. The van der Waals surface area contributed by atoms with Gasteiger partial charge in [-0.3, -0.25) is 0 Å². The molecule has 1 aliphatic heterocycles. The summed E-state index contributed by atoms with van der Waals surface area (Å²) < 4.78 is 26.3. The number of urea groups is 1. The van der Waals surface area contributed by atoms with Crippen LogP contribution >= 0.6 is 0 Å². The quantitative estimate of drug-likeness (QED) is 0.216. The first-order valence-electron chi connectivity index (χ1n) is 14.4. The number of amides is 2. The van der Waals surface area contributed by atoms with Crippen LogP contribution in [0.5, 0.6) is 17.4 Å². The fourth-order valence-electron chi connectivity index (χ4n) is 4.64. The third kappa shape index (κ3) is 8.46. The van der Waals surface area contributed by atoms with Gasteiger partial charge in [0.25, 0.3) is 0 Å². The summed E-state index contributed by atoms with van der Waals surface area (Å²) in [7, 11) is 2.13. The van der Waals surface area contributed by atoms with Gasteiger partial charge in [0.1, 0.15) is 11.6 Å². The zero-order chi connectivity index (χ0) is 30.0. The lowest BCUT2D eigenvalue weighted by Gasteiger charge is -2.32. The van der Waals surface area contributed by atoms with Gasteiger partial charge in [0.15, 0.2) is 11.6 Å². The zero-order valence-corrected chi connectivity index (χ0v) is 24.4. The minimum atomic E-state index is -0.527. The van der Waals surface area contributed by atoms with Crippen LogP contribution in [0, 0.1) is 5.82 Å². The normalized spacial score (nSPS) is 13.8. The highest BCUT2D eigenvalue weighted by Crippen LogP contribution is 2.30. The summed E-state index contributed by atoms with van der Waals surface area (Å²) in [5, 5.41) is 5.39. The number of likely N-dealkylation sites (N-methyl/N-ethyl adjacent to an activating group) is 1. The summed E-state index contributed by atoms with van der Waals surface area (Å²) in [6.07, 6.45) is 4.91. The van der Waals surface area contributed by atoms with Crippen LogP contribution in [0.3, 0.4) is 0 Å². The number of carbonyl (C=O) groups is 1. The SMILES string of the molecule is CCc1nccc(-c2cccnc2Oc2ccc(NC(=O)Nc3ccc(OCCCN4CCN(C)CC4)c(F)c3)cc2)n1. The van der Waals surface area contributed by atoms with E-state index in [-0.39, 0.29) is 5.75 Å². The van der Waals surface area contributed by atoms with Crippen molar-refractivity contribution < 1.29 is 18.7 Å². The van der Waals surface area contributed by atoms with Crippen molar-refractivity contribution in [2.45, 2.75) is 19.8 Å². The second-order valence-electron chi connectivity index (χ2n) is 10.3. The number of nitrogens with one attached hydrogen (secondary N) is 2. The number of hydrogen-bond acceptors (Lipinski definition) is 8. The van der Waals surface area contributed by atoms with Gasteiger partial charge < -0.3 is 29.9 Å². The number of halogens is 1. The highest BCUT2D eigenvalue weighted by molar-refractivity contribution is 5.99. The van der Waals surface area contributed by atoms with E-state index in [0.29, 0.717) is 29.6 Å². The number of pyridine rings is 1. The number of nitrogens with zero attached hydrogens (tertiary/aromatic N) is 5. The lowest BCUT2D eigenvalue weighted by molar-refractivity contribution is 0.145. The average molecular weight is 586 g/mol. The molecule has 0 saturated carbocycles. The molecule has 2 aromatic heterocycles. The van der Waals surface area contributed by atoms with Gasteiger partial charge in [-0.1, -0.05) is 6.92 Å². The maximum Gasteiger partial charge on any atom is 0.323 e. The van der Waals surface area contributed by atoms with Crippen LogP contribution in [0.2, 0.25) is 0 Å². The highest BCUT2D eigenvalue weighted by Gasteiger charge is 2.14. The Morgan fingerprint density at radius 2 is 1.72 bits per heavy atom. The third-order valence-electron chi connectivity index (χ3n) is 7.06. The van der Waals surface area contributed by atoms with E-state index in [1.165, 1.54) is 12.1 Å². The van der Waals surface area contributed by atoms with Crippen molar-refractivity contribution in [3.8, 4) is 28.6 Å². The van der Waals surface area contributed by atoms with Crippen LogP contribution in [-0.2, 0) is 6.42 Å². The summed E-state index contributed by atoms with van der Waals surface area (Å²) in [5.41, 5.74) is 2.33. The fourth-order valence-corrected chi connectivity index (χ4v) is 4.64. The van der Waals surface area contributed by atoms with Crippen molar-refractivity contribution in [1.82, 2.24) is 24.8 Å². The van der Waals surface area contributed by atoms with Crippen molar-refractivity contribution in [3.05, 3.63) is 84.7 Å². The van der Waals surface area contributed by atoms with Gasteiger partial charge in [0, 0.05) is 69.0 Å². The van der Waals surface area contributed by atoms with Crippen molar-refractivity contribution in [3.63, 3.8) is 0 Å². The second kappa shape index (κ2) is 14.5. The number of benzene rings is 2. The molecule has 1 fully saturated rings.